The molecular formula is C20H15F2N3O. The molecule has 0 aliphatic carbocycles. The number of hydrogen-bond acceptors (Lipinski definition) is 4. The van der Waals surface area contributed by atoms with Crippen LogP contribution in [-0.2, 0) is 0 Å². The summed E-state index contributed by atoms with van der Waals surface area (Å²) in [5, 5.41) is 12.3. The van der Waals surface area contributed by atoms with Gasteiger partial charge in [0.05, 0.1) is 11.4 Å². The number of nitrogens with one attached hydrogen (secondary N) is 1. The lowest BCUT2D eigenvalue weighted by atomic mass is 10.1. The second-order valence-corrected chi connectivity index (χ2v) is 5.72. The van der Waals surface area contributed by atoms with Gasteiger partial charge in [0.15, 0.2) is 0 Å². The van der Waals surface area contributed by atoms with E-state index in [0.717, 1.165) is 17.7 Å². The summed E-state index contributed by atoms with van der Waals surface area (Å²) in [7, 11) is 0. The van der Waals surface area contributed by atoms with Gasteiger partial charge in [-0.05, 0) is 42.8 Å². The Kier molecular flexibility index (Phi) is 4.72. The highest BCUT2D eigenvalue weighted by molar-refractivity contribution is 5.71. The Bertz CT molecular complexity index is 1010. The summed E-state index contributed by atoms with van der Waals surface area (Å²) in [6.07, 6.45) is 0. The second-order valence-electron chi connectivity index (χ2n) is 5.72. The van der Waals surface area contributed by atoms with E-state index in [9.17, 15) is 14.0 Å². The Labute approximate surface area is 149 Å². The quantitative estimate of drug-likeness (QED) is 0.629. The highest BCUT2D eigenvalue weighted by Gasteiger charge is 2.15. The highest BCUT2D eigenvalue weighted by Crippen LogP contribution is 2.34. The van der Waals surface area contributed by atoms with Crippen LogP contribution in [0.3, 0.4) is 0 Å². The number of hydrogen-bond donors (Lipinski definition) is 2. The number of nitrogens with two attached hydrogens (primary N) is 1. The van der Waals surface area contributed by atoms with Crippen molar-refractivity contribution >= 4 is 17.1 Å². The third-order valence-corrected chi connectivity index (χ3v) is 3.66. The summed E-state index contributed by atoms with van der Waals surface area (Å²) in [6, 6.07) is 15.3. The van der Waals surface area contributed by atoms with Gasteiger partial charge in [-0.25, -0.2) is 8.78 Å². The molecule has 3 aromatic rings. The Balaban J connectivity index is 2.01. The fraction of sp³-hybridized carbons (Fsp3) is 0.0500. The van der Waals surface area contributed by atoms with Gasteiger partial charge in [0.1, 0.15) is 34.8 Å². The molecule has 4 nitrogen and oxygen atoms in total. The first-order valence-corrected chi connectivity index (χ1v) is 7.76. The molecular weight excluding hydrogens is 336 g/mol. The maximum absolute atomic E-state index is 14.1. The number of rotatable bonds is 4. The van der Waals surface area contributed by atoms with E-state index in [1.807, 2.05) is 6.07 Å². The predicted molar refractivity (Wildman–Crippen MR) is 96.5 cm³/mol. The van der Waals surface area contributed by atoms with Crippen molar-refractivity contribution in [2.75, 3.05) is 11.1 Å². The van der Waals surface area contributed by atoms with E-state index < -0.39 is 11.6 Å². The molecule has 0 saturated carbocycles. The van der Waals surface area contributed by atoms with Gasteiger partial charge in [-0.1, -0.05) is 12.1 Å². The molecule has 0 amide bonds. The number of aryl methyl sites for hydroxylation is 1. The van der Waals surface area contributed by atoms with Crippen molar-refractivity contribution in [3.05, 3.63) is 77.4 Å². The monoisotopic (exact) mass is 351 g/mol. The van der Waals surface area contributed by atoms with E-state index in [4.69, 9.17) is 10.5 Å². The van der Waals surface area contributed by atoms with Crippen LogP contribution in [0.5, 0.6) is 11.5 Å². The first-order valence-electron chi connectivity index (χ1n) is 7.76. The Morgan fingerprint density at radius 3 is 2.54 bits per heavy atom. The minimum atomic E-state index is -0.627. The van der Waals surface area contributed by atoms with E-state index in [0.29, 0.717) is 11.4 Å². The summed E-state index contributed by atoms with van der Waals surface area (Å²) in [5.41, 5.74) is 7.21. The van der Waals surface area contributed by atoms with Gasteiger partial charge < -0.3 is 15.8 Å². The second kappa shape index (κ2) is 7.11. The predicted octanol–water partition coefficient (Wildman–Crippen LogP) is 5.26. The summed E-state index contributed by atoms with van der Waals surface area (Å²) >= 11 is 0. The number of nitrogens with zero attached hydrogens (tertiary/aromatic N) is 1. The summed E-state index contributed by atoms with van der Waals surface area (Å²) in [6.45, 7) is 1.76. The van der Waals surface area contributed by atoms with Crippen LogP contribution in [0.2, 0.25) is 0 Å². The van der Waals surface area contributed by atoms with Crippen LogP contribution in [0.25, 0.3) is 0 Å². The maximum atomic E-state index is 14.1. The number of ether oxygens (including phenoxy) is 1. The molecule has 26 heavy (non-hydrogen) atoms. The van der Waals surface area contributed by atoms with Crippen LogP contribution in [0.1, 0.15) is 11.1 Å². The summed E-state index contributed by atoms with van der Waals surface area (Å²) in [4.78, 5) is 0. The van der Waals surface area contributed by atoms with Crippen LogP contribution in [0, 0.1) is 29.9 Å². The van der Waals surface area contributed by atoms with Crippen LogP contribution in [-0.4, -0.2) is 0 Å². The van der Waals surface area contributed by atoms with Crippen LogP contribution >= 0.6 is 0 Å². The van der Waals surface area contributed by atoms with Crippen molar-refractivity contribution in [1.82, 2.24) is 0 Å². The van der Waals surface area contributed by atoms with Crippen LogP contribution in [0.15, 0.2) is 54.6 Å². The van der Waals surface area contributed by atoms with Gasteiger partial charge in [-0.3, -0.25) is 0 Å². The topological polar surface area (TPSA) is 71.1 Å². The fourth-order valence-electron chi connectivity index (χ4n) is 2.45. The first kappa shape index (κ1) is 17.2. The lowest BCUT2D eigenvalue weighted by Crippen LogP contribution is -2.00. The van der Waals surface area contributed by atoms with E-state index >= 15 is 0 Å². The molecule has 3 rings (SSSR count). The van der Waals surface area contributed by atoms with Crippen molar-refractivity contribution in [1.29, 1.82) is 5.26 Å². The Morgan fingerprint density at radius 1 is 1.04 bits per heavy atom. The molecule has 0 unspecified atom stereocenters. The molecule has 0 atom stereocenters. The van der Waals surface area contributed by atoms with Gasteiger partial charge >= 0.3 is 0 Å². The SMILES string of the molecule is Cc1ccc(Nc2cc(F)cc(Oc3cccc(N)c3)c2C#N)c(F)c1. The van der Waals surface area contributed by atoms with Gasteiger partial charge in [-0.2, -0.15) is 5.26 Å². The summed E-state index contributed by atoms with van der Waals surface area (Å²) < 4.78 is 33.7. The van der Waals surface area contributed by atoms with Crippen LogP contribution in [0.4, 0.5) is 25.8 Å². The van der Waals surface area contributed by atoms with Crippen molar-refractivity contribution in [2.24, 2.45) is 0 Å². The first-order chi connectivity index (χ1) is 12.5. The van der Waals surface area contributed by atoms with Crippen molar-refractivity contribution in [3.8, 4) is 17.6 Å². The average molecular weight is 351 g/mol. The molecule has 3 aromatic carbocycles. The number of benzene rings is 3. The van der Waals surface area contributed by atoms with E-state index in [2.05, 4.69) is 5.32 Å². The van der Waals surface area contributed by atoms with E-state index in [1.54, 1.807) is 37.3 Å². The molecule has 0 aliphatic heterocycles. The minimum Gasteiger partial charge on any atom is -0.456 e. The molecule has 0 spiro atoms. The van der Waals surface area contributed by atoms with Crippen molar-refractivity contribution < 1.29 is 13.5 Å². The van der Waals surface area contributed by atoms with Crippen LogP contribution < -0.4 is 15.8 Å². The van der Waals surface area contributed by atoms with Crippen molar-refractivity contribution in [2.45, 2.75) is 6.92 Å². The smallest absolute Gasteiger partial charge is 0.150 e. The largest absolute Gasteiger partial charge is 0.456 e. The van der Waals surface area contributed by atoms with Gasteiger partial charge in [0, 0.05) is 17.8 Å². The molecule has 130 valence electrons. The molecule has 0 bridgehead atoms. The van der Waals surface area contributed by atoms with Gasteiger partial charge in [-0.15, -0.1) is 0 Å². The Hall–Kier alpha value is -3.59. The number of nitriles is 1. The number of anilines is 3. The fourth-order valence-corrected chi connectivity index (χ4v) is 2.45. The molecule has 0 aromatic heterocycles. The molecule has 0 saturated heterocycles. The Morgan fingerprint density at radius 2 is 1.85 bits per heavy atom. The zero-order valence-corrected chi connectivity index (χ0v) is 13.9. The summed E-state index contributed by atoms with van der Waals surface area (Å²) in [5.74, 6) is -0.762. The molecule has 0 fully saturated rings. The zero-order valence-electron chi connectivity index (χ0n) is 13.9. The molecule has 0 aliphatic rings. The highest BCUT2D eigenvalue weighted by atomic mass is 19.1. The average Bonchev–Trinajstić information content (AvgIpc) is 2.57. The van der Waals surface area contributed by atoms with Gasteiger partial charge in [0.25, 0.3) is 0 Å². The van der Waals surface area contributed by atoms with E-state index in [1.165, 1.54) is 12.1 Å². The molecule has 0 radical (unpaired) electrons. The molecule has 6 heteroatoms. The lowest BCUT2D eigenvalue weighted by Gasteiger charge is -2.14. The third kappa shape index (κ3) is 3.73. The number of halogens is 2. The zero-order chi connectivity index (χ0) is 18.7. The van der Waals surface area contributed by atoms with Gasteiger partial charge in [0.2, 0.25) is 0 Å². The standard InChI is InChI=1S/C20H15F2N3O/c1-12-5-6-18(17(22)7-12)25-19-8-13(21)9-20(16(19)11-23)26-15-4-2-3-14(24)10-15/h2-10,25H,24H2,1H3. The minimum absolute atomic E-state index is 0.00752. The normalized spacial score (nSPS) is 10.2. The number of nitrogen functional groups attached to an aromatic ring is 1. The molecule has 0 heterocycles. The third-order valence-electron chi connectivity index (χ3n) is 3.66. The lowest BCUT2D eigenvalue weighted by molar-refractivity contribution is 0.476. The van der Waals surface area contributed by atoms with E-state index in [-0.39, 0.29) is 22.7 Å². The maximum Gasteiger partial charge on any atom is 0.150 e. The van der Waals surface area contributed by atoms with Crippen molar-refractivity contribution in [3.63, 3.8) is 0 Å². The molecule has 3 N–H and O–H groups in total.